The number of hydrogen-bond donors (Lipinski definition) is 1. The second-order valence-corrected chi connectivity index (χ2v) is 5.60. The van der Waals surface area contributed by atoms with Gasteiger partial charge in [-0.3, -0.25) is 0 Å². The largest absolute Gasteiger partial charge is 0.465 e. The number of carbonyl (C=O) groups excluding carboxylic acids is 1. The summed E-state index contributed by atoms with van der Waals surface area (Å²) in [7, 11) is 3.54. The van der Waals surface area contributed by atoms with Gasteiger partial charge in [-0.25, -0.2) is 9.78 Å². The van der Waals surface area contributed by atoms with Crippen molar-refractivity contribution in [2.24, 2.45) is 5.92 Å². The zero-order valence-corrected chi connectivity index (χ0v) is 12.6. The molecule has 1 aromatic heterocycles. The van der Waals surface area contributed by atoms with Gasteiger partial charge in [0.05, 0.1) is 18.4 Å². The van der Waals surface area contributed by atoms with Crippen molar-refractivity contribution in [3.63, 3.8) is 0 Å². The van der Waals surface area contributed by atoms with Gasteiger partial charge >= 0.3 is 5.97 Å². The summed E-state index contributed by atoms with van der Waals surface area (Å²) in [5, 5.41) is 3.49. The molecule has 5 nitrogen and oxygen atoms in total. The van der Waals surface area contributed by atoms with E-state index in [9.17, 15) is 4.79 Å². The Bertz CT molecular complexity index is 490. The Kier molecular flexibility index (Phi) is 4.60. The topological polar surface area (TPSA) is 54.5 Å². The molecule has 2 heterocycles. The molecule has 1 fully saturated rings. The highest BCUT2D eigenvalue weighted by atomic mass is 16.5. The van der Waals surface area contributed by atoms with Gasteiger partial charge in [-0.2, -0.15) is 0 Å². The Hall–Kier alpha value is -1.62. The fraction of sp³-hybridized carbons (Fsp3) is 0.600. The molecule has 2 unspecified atom stereocenters. The van der Waals surface area contributed by atoms with Crippen molar-refractivity contribution < 1.29 is 9.53 Å². The number of methoxy groups -OCH3 is 1. The molecule has 0 aliphatic carbocycles. The number of rotatable bonds is 3. The van der Waals surface area contributed by atoms with Crippen LogP contribution in [-0.2, 0) is 4.74 Å². The predicted octanol–water partition coefficient (Wildman–Crippen LogP) is 1.93. The minimum absolute atomic E-state index is 0.339. The van der Waals surface area contributed by atoms with E-state index >= 15 is 0 Å². The molecule has 1 N–H and O–H groups in total. The van der Waals surface area contributed by atoms with Crippen molar-refractivity contribution in [1.82, 2.24) is 9.88 Å². The summed E-state index contributed by atoms with van der Waals surface area (Å²) in [6.07, 6.45) is 1.11. The number of anilines is 1. The summed E-state index contributed by atoms with van der Waals surface area (Å²) < 4.78 is 4.73. The van der Waals surface area contributed by atoms with Crippen LogP contribution in [0.15, 0.2) is 12.1 Å². The standard InChI is InChI=1S/C15H23N3O2/c1-10-9-18(3)8-7-13(10)17-14-6-5-12(11(2)16-14)15(19)20-4/h5-6,10,13H,7-9H2,1-4H3,(H,16,17). The monoisotopic (exact) mass is 277 g/mol. The van der Waals surface area contributed by atoms with Gasteiger partial charge in [-0.1, -0.05) is 6.92 Å². The number of piperidine rings is 1. The molecule has 2 atom stereocenters. The van der Waals surface area contributed by atoms with E-state index in [1.807, 2.05) is 13.0 Å². The van der Waals surface area contributed by atoms with Crippen LogP contribution in [0.3, 0.4) is 0 Å². The summed E-state index contributed by atoms with van der Waals surface area (Å²) in [5.74, 6) is 1.07. The first-order chi connectivity index (χ1) is 9.51. The zero-order valence-electron chi connectivity index (χ0n) is 12.6. The van der Waals surface area contributed by atoms with Gasteiger partial charge in [-0.05, 0) is 45.0 Å². The summed E-state index contributed by atoms with van der Waals surface area (Å²) in [4.78, 5) is 18.3. The molecule has 1 aromatic rings. The molecule has 5 heteroatoms. The molecule has 20 heavy (non-hydrogen) atoms. The first-order valence-electron chi connectivity index (χ1n) is 7.02. The number of hydrogen-bond acceptors (Lipinski definition) is 5. The molecule has 0 bridgehead atoms. The lowest BCUT2D eigenvalue weighted by atomic mass is 9.94. The smallest absolute Gasteiger partial charge is 0.339 e. The Morgan fingerprint density at radius 3 is 2.85 bits per heavy atom. The average molecular weight is 277 g/mol. The van der Waals surface area contributed by atoms with E-state index in [2.05, 4.69) is 29.2 Å². The van der Waals surface area contributed by atoms with Crippen LogP contribution in [0.5, 0.6) is 0 Å². The lowest BCUT2D eigenvalue weighted by Gasteiger charge is -2.35. The summed E-state index contributed by atoms with van der Waals surface area (Å²) in [6.45, 7) is 6.27. The second-order valence-electron chi connectivity index (χ2n) is 5.60. The average Bonchev–Trinajstić information content (AvgIpc) is 2.41. The van der Waals surface area contributed by atoms with E-state index in [1.54, 1.807) is 6.07 Å². The summed E-state index contributed by atoms with van der Waals surface area (Å²) in [6, 6.07) is 4.06. The minimum atomic E-state index is -0.339. The van der Waals surface area contributed by atoms with Crippen molar-refractivity contribution in [3.8, 4) is 0 Å². The quantitative estimate of drug-likeness (QED) is 0.856. The Labute approximate surface area is 120 Å². The van der Waals surface area contributed by atoms with Crippen molar-refractivity contribution >= 4 is 11.8 Å². The SMILES string of the molecule is COC(=O)c1ccc(NC2CCN(C)CC2C)nc1C. The van der Waals surface area contributed by atoms with Gasteiger partial charge in [0.15, 0.2) is 0 Å². The first-order valence-corrected chi connectivity index (χ1v) is 7.02. The van der Waals surface area contributed by atoms with E-state index in [1.165, 1.54) is 7.11 Å². The van der Waals surface area contributed by atoms with Crippen molar-refractivity contribution in [1.29, 1.82) is 0 Å². The normalized spacial score (nSPS) is 23.4. The Morgan fingerprint density at radius 2 is 2.25 bits per heavy atom. The maximum Gasteiger partial charge on any atom is 0.339 e. The molecule has 1 aliphatic heterocycles. The lowest BCUT2D eigenvalue weighted by molar-refractivity contribution is 0.0599. The van der Waals surface area contributed by atoms with Gasteiger partial charge < -0.3 is 15.0 Å². The van der Waals surface area contributed by atoms with Crippen LogP contribution in [-0.4, -0.2) is 49.1 Å². The second kappa shape index (κ2) is 6.22. The highest BCUT2D eigenvalue weighted by Gasteiger charge is 2.24. The van der Waals surface area contributed by atoms with Crippen molar-refractivity contribution in [3.05, 3.63) is 23.4 Å². The van der Waals surface area contributed by atoms with E-state index in [0.29, 0.717) is 23.2 Å². The molecular formula is C15H23N3O2. The zero-order chi connectivity index (χ0) is 14.7. The third kappa shape index (κ3) is 3.28. The van der Waals surface area contributed by atoms with Crippen LogP contribution in [0.2, 0.25) is 0 Å². The van der Waals surface area contributed by atoms with Crippen LogP contribution >= 0.6 is 0 Å². The minimum Gasteiger partial charge on any atom is -0.465 e. The number of carbonyl (C=O) groups is 1. The van der Waals surface area contributed by atoms with Gasteiger partial charge in [0.2, 0.25) is 0 Å². The number of aryl methyl sites for hydroxylation is 1. The fourth-order valence-corrected chi connectivity index (χ4v) is 2.73. The van der Waals surface area contributed by atoms with Crippen LogP contribution in [0.1, 0.15) is 29.4 Å². The maximum atomic E-state index is 11.5. The summed E-state index contributed by atoms with van der Waals surface area (Å²) in [5.41, 5.74) is 1.22. The molecule has 1 saturated heterocycles. The number of likely N-dealkylation sites (tertiary alicyclic amines) is 1. The Balaban J connectivity index is 2.07. The molecule has 0 saturated carbocycles. The summed E-state index contributed by atoms with van der Waals surface area (Å²) >= 11 is 0. The van der Waals surface area contributed by atoms with Gasteiger partial charge in [-0.15, -0.1) is 0 Å². The molecule has 110 valence electrons. The highest BCUT2D eigenvalue weighted by Crippen LogP contribution is 2.20. The molecule has 1 aliphatic rings. The van der Waals surface area contributed by atoms with Gasteiger partial charge in [0.1, 0.15) is 5.82 Å². The van der Waals surface area contributed by atoms with Crippen LogP contribution in [0, 0.1) is 12.8 Å². The van der Waals surface area contributed by atoms with E-state index in [-0.39, 0.29) is 5.97 Å². The van der Waals surface area contributed by atoms with E-state index in [0.717, 1.165) is 25.3 Å². The highest BCUT2D eigenvalue weighted by molar-refractivity contribution is 5.90. The van der Waals surface area contributed by atoms with Gasteiger partial charge in [0.25, 0.3) is 0 Å². The number of pyridine rings is 1. The fourth-order valence-electron chi connectivity index (χ4n) is 2.73. The molecule has 0 spiro atoms. The third-order valence-corrected chi connectivity index (χ3v) is 3.93. The third-order valence-electron chi connectivity index (χ3n) is 3.93. The molecule has 0 amide bonds. The predicted molar refractivity (Wildman–Crippen MR) is 79.0 cm³/mol. The number of nitrogens with zero attached hydrogens (tertiary/aromatic N) is 2. The van der Waals surface area contributed by atoms with E-state index < -0.39 is 0 Å². The lowest BCUT2D eigenvalue weighted by Crippen LogP contribution is -2.43. The van der Waals surface area contributed by atoms with Crippen LogP contribution in [0.4, 0.5) is 5.82 Å². The molecule has 0 aromatic carbocycles. The number of nitrogens with one attached hydrogen (secondary N) is 1. The van der Waals surface area contributed by atoms with Crippen LogP contribution in [0.25, 0.3) is 0 Å². The van der Waals surface area contributed by atoms with Crippen LogP contribution < -0.4 is 5.32 Å². The number of ether oxygens (including phenoxy) is 1. The maximum absolute atomic E-state index is 11.5. The Morgan fingerprint density at radius 1 is 1.50 bits per heavy atom. The first kappa shape index (κ1) is 14.8. The van der Waals surface area contributed by atoms with Crippen molar-refractivity contribution in [2.45, 2.75) is 26.3 Å². The molecular weight excluding hydrogens is 254 g/mol. The van der Waals surface area contributed by atoms with Crippen molar-refractivity contribution in [2.75, 3.05) is 32.6 Å². The number of esters is 1. The molecule has 0 radical (unpaired) electrons. The van der Waals surface area contributed by atoms with Gasteiger partial charge in [0, 0.05) is 12.6 Å². The number of aromatic nitrogens is 1. The van der Waals surface area contributed by atoms with E-state index in [4.69, 9.17) is 4.74 Å². The molecule has 2 rings (SSSR count).